The second-order valence-corrected chi connectivity index (χ2v) is 11.8. The second kappa shape index (κ2) is 10.4. The van der Waals surface area contributed by atoms with Crippen LogP contribution in [-0.4, -0.2) is 51.1 Å². The number of benzene rings is 1. The Morgan fingerprint density at radius 2 is 1.69 bits per heavy atom. The molecule has 0 radical (unpaired) electrons. The molecule has 0 heterocycles. The van der Waals surface area contributed by atoms with Gasteiger partial charge in [0.25, 0.3) is 0 Å². The highest BCUT2D eigenvalue weighted by Gasteiger charge is 2.20. The van der Waals surface area contributed by atoms with Gasteiger partial charge in [0.1, 0.15) is 9.84 Å². The molecule has 7 heteroatoms. The molecule has 0 amide bonds. The smallest absolute Gasteiger partial charge is 0.191 e. The van der Waals surface area contributed by atoms with Crippen molar-refractivity contribution in [1.82, 2.24) is 10.6 Å². The SMILES string of the molecule is CCNC(=NCC(C)(C)CCS(C)(=O)=O)NCC(O)c1ccc(C(C)(C)C)cc1. The van der Waals surface area contributed by atoms with Gasteiger partial charge in [0, 0.05) is 25.9 Å². The quantitative estimate of drug-likeness (QED) is 0.418. The van der Waals surface area contributed by atoms with Crippen molar-refractivity contribution in [3.63, 3.8) is 0 Å². The fourth-order valence-corrected chi connectivity index (χ4v) is 3.62. The first-order chi connectivity index (χ1) is 13.2. The van der Waals surface area contributed by atoms with Gasteiger partial charge in [0.15, 0.2) is 5.96 Å². The molecule has 0 saturated carbocycles. The first-order valence-electron chi connectivity index (χ1n) is 10.2. The maximum Gasteiger partial charge on any atom is 0.191 e. The summed E-state index contributed by atoms with van der Waals surface area (Å²) in [5.74, 6) is 0.772. The third kappa shape index (κ3) is 10.1. The number of hydrogen-bond donors (Lipinski definition) is 3. The van der Waals surface area contributed by atoms with Crippen LogP contribution in [0.2, 0.25) is 0 Å². The minimum atomic E-state index is -2.98. The van der Waals surface area contributed by atoms with Crippen molar-refractivity contribution in [3.05, 3.63) is 35.4 Å². The molecule has 0 saturated heterocycles. The van der Waals surface area contributed by atoms with Crippen molar-refractivity contribution in [2.24, 2.45) is 10.4 Å². The summed E-state index contributed by atoms with van der Waals surface area (Å²) in [7, 11) is -2.98. The molecular weight excluding hydrogens is 386 g/mol. The summed E-state index contributed by atoms with van der Waals surface area (Å²) in [5.41, 5.74) is 1.94. The number of aliphatic hydroxyl groups excluding tert-OH is 1. The molecule has 0 fully saturated rings. The van der Waals surface area contributed by atoms with Gasteiger partial charge in [-0.2, -0.15) is 0 Å². The van der Waals surface area contributed by atoms with E-state index in [1.807, 2.05) is 32.9 Å². The lowest BCUT2D eigenvalue weighted by molar-refractivity contribution is 0.180. The topological polar surface area (TPSA) is 90.8 Å². The van der Waals surface area contributed by atoms with E-state index in [1.54, 1.807) is 0 Å². The van der Waals surface area contributed by atoms with Crippen LogP contribution in [0.15, 0.2) is 29.3 Å². The van der Waals surface area contributed by atoms with Gasteiger partial charge in [-0.15, -0.1) is 0 Å². The molecule has 0 aliphatic rings. The fraction of sp³-hybridized carbons (Fsp3) is 0.682. The van der Waals surface area contributed by atoms with Crippen LogP contribution in [-0.2, 0) is 15.3 Å². The lowest BCUT2D eigenvalue weighted by Gasteiger charge is -2.23. The van der Waals surface area contributed by atoms with E-state index in [9.17, 15) is 13.5 Å². The van der Waals surface area contributed by atoms with E-state index in [-0.39, 0.29) is 16.6 Å². The summed E-state index contributed by atoms with van der Waals surface area (Å²) in [6.07, 6.45) is 1.16. The van der Waals surface area contributed by atoms with E-state index in [4.69, 9.17) is 0 Å². The predicted molar refractivity (Wildman–Crippen MR) is 122 cm³/mol. The summed E-state index contributed by atoms with van der Waals surface area (Å²) < 4.78 is 22.8. The Labute approximate surface area is 177 Å². The molecule has 6 nitrogen and oxygen atoms in total. The van der Waals surface area contributed by atoms with Crippen molar-refractivity contribution < 1.29 is 13.5 Å². The third-order valence-electron chi connectivity index (χ3n) is 4.78. The number of aliphatic imine (C=N–C) groups is 1. The summed E-state index contributed by atoms with van der Waals surface area (Å²) in [5, 5.41) is 16.9. The van der Waals surface area contributed by atoms with E-state index in [1.165, 1.54) is 11.8 Å². The van der Waals surface area contributed by atoms with Crippen LogP contribution in [0, 0.1) is 5.41 Å². The van der Waals surface area contributed by atoms with Gasteiger partial charge in [-0.25, -0.2) is 8.42 Å². The molecule has 1 unspecified atom stereocenters. The molecule has 1 atom stereocenters. The average Bonchev–Trinajstić information content (AvgIpc) is 2.61. The highest BCUT2D eigenvalue weighted by Crippen LogP contribution is 2.24. The van der Waals surface area contributed by atoms with Crippen molar-refractivity contribution in [3.8, 4) is 0 Å². The van der Waals surface area contributed by atoms with Crippen LogP contribution in [0.25, 0.3) is 0 Å². The van der Waals surface area contributed by atoms with Crippen molar-refractivity contribution in [1.29, 1.82) is 0 Å². The number of sulfone groups is 1. The monoisotopic (exact) mass is 425 g/mol. The minimum Gasteiger partial charge on any atom is -0.387 e. The Morgan fingerprint density at radius 1 is 1.10 bits per heavy atom. The molecule has 0 spiro atoms. The summed E-state index contributed by atoms with van der Waals surface area (Å²) >= 11 is 0. The molecule has 0 aliphatic heterocycles. The van der Waals surface area contributed by atoms with Crippen LogP contribution < -0.4 is 10.6 Å². The molecule has 1 aromatic carbocycles. The largest absolute Gasteiger partial charge is 0.387 e. The Bertz CT molecular complexity index is 763. The van der Waals surface area contributed by atoms with Gasteiger partial charge in [-0.05, 0) is 35.3 Å². The number of aliphatic hydroxyl groups is 1. The first kappa shape index (κ1) is 25.4. The maximum atomic E-state index is 11.4. The standard InChI is InChI=1S/C22H39N3O3S/c1-8-23-20(25-16-22(5,6)13-14-29(7,27)28)24-15-19(26)17-9-11-18(12-10-17)21(2,3)4/h9-12,19,26H,8,13-16H2,1-7H3,(H2,23,24,25). The maximum absolute atomic E-state index is 11.4. The van der Waals surface area contributed by atoms with E-state index < -0.39 is 15.9 Å². The molecular formula is C22H39N3O3S. The van der Waals surface area contributed by atoms with Crippen molar-refractivity contribution in [2.45, 2.75) is 59.5 Å². The highest BCUT2D eigenvalue weighted by atomic mass is 32.2. The lowest BCUT2D eigenvalue weighted by Crippen LogP contribution is -2.40. The normalized spacial score (nSPS) is 14.6. The predicted octanol–water partition coefficient (Wildman–Crippen LogP) is 3.03. The van der Waals surface area contributed by atoms with E-state index >= 15 is 0 Å². The van der Waals surface area contributed by atoms with E-state index in [2.05, 4.69) is 48.5 Å². The molecule has 3 N–H and O–H groups in total. The van der Waals surface area contributed by atoms with Gasteiger partial charge in [-0.3, -0.25) is 4.99 Å². The molecule has 1 aromatic rings. The van der Waals surface area contributed by atoms with Gasteiger partial charge < -0.3 is 15.7 Å². The molecule has 29 heavy (non-hydrogen) atoms. The fourth-order valence-electron chi connectivity index (χ4n) is 2.69. The number of rotatable bonds is 9. The average molecular weight is 426 g/mol. The Morgan fingerprint density at radius 3 is 2.17 bits per heavy atom. The summed E-state index contributed by atoms with van der Waals surface area (Å²) in [6, 6.07) is 8.04. The molecule has 166 valence electrons. The van der Waals surface area contributed by atoms with E-state index in [0.717, 1.165) is 5.56 Å². The van der Waals surface area contributed by atoms with E-state index in [0.29, 0.717) is 32.0 Å². The zero-order valence-electron chi connectivity index (χ0n) is 19.0. The molecule has 0 aliphatic carbocycles. The molecule has 0 aromatic heterocycles. The Kier molecular flexibility index (Phi) is 9.15. The first-order valence-corrected chi connectivity index (χ1v) is 12.3. The van der Waals surface area contributed by atoms with Gasteiger partial charge in [0.2, 0.25) is 0 Å². The zero-order chi connectivity index (χ0) is 22.3. The van der Waals surface area contributed by atoms with Gasteiger partial charge >= 0.3 is 0 Å². The van der Waals surface area contributed by atoms with Gasteiger partial charge in [0.05, 0.1) is 11.9 Å². The molecule has 1 rings (SSSR count). The Hall–Kier alpha value is -1.60. The van der Waals surface area contributed by atoms with Crippen LogP contribution >= 0.6 is 0 Å². The number of guanidine groups is 1. The van der Waals surface area contributed by atoms with Crippen LogP contribution in [0.5, 0.6) is 0 Å². The van der Waals surface area contributed by atoms with Crippen LogP contribution in [0.1, 0.15) is 65.2 Å². The Balaban J connectivity index is 2.70. The number of hydrogen-bond acceptors (Lipinski definition) is 4. The van der Waals surface area contributed by atoms with Crippen LogP contribution in [0.3, 0.4) is 0 Å². The summed E-state index contributed by atoms with van der Waals surface area (Å²) in [6.45, 7) is 14.0. The number of nitrogens with zero attached hydrogens (tertiary/aromatic N) is 1. The highest BCUT2D eigenvalue weighted by molar-refractivity contribution is 7.90. The third-order valence-corrected chi connectivity index (χ3v) is 5.73. The van der Waals surface area contributed by atoms with Crippen LogP contribution in [0.4, 0.5) is 0 Å². The number of nitrogens with one attached hydrogen (secondary N) is 2. The lowest BCUT2D eigenvalue weighted by atomic mass is 9.86. The zero-order valence-corrected chi connectivity index (χ0v) is 19.9. The van der Waals surface area contributed by atoms with Crippen molar-refractivity contribution in [2.75, 3.05) is 31.6 Å². The summed E-state index contributed by atoms with van der Waals surface area (Å²) in [4.78, 5) is 4.59. The van der Waals surface area contributed by atoms with Crippen molar-refractivity contribution >= 4 is 15.8 Å². The minimum absolute atomic E-state index is 0.0799. The van der Waals surface area contributed by atoms with Gasteiger partial charge in [-0.1, -0.05) is 58.9 Å². The second-order valence-electron chi connectivity index (χ2n) is 9.51. The molecule has 0 bridgehead atoms.